The standard InChI is InChI=1S/C17H16O6/c1-9-3-11(18)6-13(22-9)5-10-4-12(19)7-15-16(10)14(20)8-17(2,21)23-15/h3-4,6-7,19,21H,5,8H2,1-2H3. The van der Waals surface area contributed by atoms with E-state index in [1.807, 2.05) is 0 Å². The number of aromatic hydroxyl groups is 1. The Labute approximate surface area is 132 Å². The van der Waals surface area contributed by atoms with Gasteiger partial charge in [-0.25, -0.2) is 0 Å². The fourth-order valence-electron chi connectivity index (χ4n) is 2.79. The van der Waals surface area contributed by atoms with Crippen molar-refractivity contribution in [2.45, 2.75) is 32.5 Å². The summed E-state index contributed by atoms with van der Waals surface area (Å²) in [6, 6.07) is 5.43. The van der Waals surface area contributed by atoms with Crippen LogP contribution < -0.4 is 10.2 Å². The monoisotopic (exact) mass is 316 g/mol. The fourth-order valence-corrected chi connectivity index (χ4v) is 2.79. The molecule has 1 atom stereocenters. The quantitative estimate of drug-likeness (QED) is 0.878. The van der Waals surface area contributed by atoms with Crippen LogP contribution in [0.5, 0.6) is 11.5 Å². The molecular weight excluding hydrogens is 300 g/mol. The first kappa shape index (κ1) is 15.3. The molecule has 0 amide bonds. The molecule has 6 nitrogen and oxygen atoms in total. The predicted octanol–water partition coefficient (Wildman–Crippen LogP) is 1.92. The first-order chi connectivity index (χ1) is 10.7. The molecule has 23 heavy (non-hydrogen) atoms. The molecule has 0 saturated heterocycles. The van der Waals surface area contributed by atoms with Gasteiger partial charge in [-0.15, -0.1) is 0 Å². The zero-order valence-corrected chi connectivity index (χ0v) is 12.8. The number of aryl methyl sites for hydroxylation is 1. The fraction of sp³-hybridized carbons (Fsp3) is 0.294. The summed E-state index contributed by atoms with van der Waals surface area (Å²) in [6.07, 6.45) is -0.0273. The number of hydrogen-bond acceptors (Lipinski definition) is 6. The number of Topliss-reactive ketones (excluding diaryl/α,β-unsaturated/α-hetero) is 1. The first-order valence-corrected chi connectivity index (χ1v) is 7.15. The first-order valence-electron chi connectivity index (χ1n) is 7.15. The summed E-state index contributed by atoms with van der Waals surface area (Å²) in [6.45, 7) is 3.05. The molecule has 0 saturated carbocycles. The van der Waals surface area contributed by atoms with E-state index in [0.717, 1.165) is 0 Å². The molecule has 0 fully saturated rings. The van der Waals surface area contributed by atoms with Crippen molar-refractivity contribution in [3.8, 4) is 11.5 Å². The molecule has 0 aliphatic carbocycles. The minimum atomic E-state index is -1.61. The molecule has 6 heteroatoms. The topological polar surface area (TPSA) is 97.0 Å². The second-order valence-corrected chi connectivity index (χ2v) is 5.90. The van der Waals surface area contributed by atoms with Crippen LogP contribution in [0.25, 0.3) is 0 Å². The highest BCUT2D eigenvalue weighted by molar-refractivity contribution is 6.01. The van der Waals surface area contributed by atoms with E-state index >= 15 is 0 Å². The van der Waals surface area contributed by atoms with Crippen LogP contribution in [0.2, 0.25) is 0 Å². The summed E-state index contributed by atoms with van der Waals surface area (Å²) in [5.74, 6) is -1.03. The minimum Gasteiger partial charge on any atom is -0.508 e. The average molecular weight is 316 g/mol. The third-order valence-electron chi connectivity index (χ3n) is 3.57. The second kappa shape index (κ2) is 5.24. The van der Waals surface area contributed by atoms with Crippen LogP contribution in [0, 0.1) is 6.92 Å². The third kappa shape index (κ3) is 3.12. The maximum atomic E-state index is 12.3. The van der Waals surface area contributed by atoms with Crippen molar-refractivity contribution in [2.75, 3.05) is 0 Å². The minimum absolute atomic E-state index is 0.0979. The van der Waals surface area contributed by atoms with E-state index in [2.05, 4.69) is 0 Å². The van der Waals surface area contributed by atoms with Gasteiger partial charge in [0, 0.05) is 31.5 Å². The highest BCUT2D eigenvalue weighted by Crippen LogP contribution is 2.37. The Kier molecular flexibility index (Phi) is 3.49. The van der Waals surface area contributed by atoms with Crippen LogP contribution >= 0.6 is 0 Å². The zero-order valence-electron chi connectivity index (χ0n) is 12.8. The number of rotatable bonds is 2. The number of phenolic OH excluding ortho intramolecular Hbond substituents is 1. The molecule has 2 aromatic rings. The van der Waals surface area contributed by atoms with Crippen LogP contribution in [0.1, 0.15) is 40.8 Å². The Morgan fingerprint density at radius 1 is 1.22 bits per heavy atom. The zero-order chi connectivity index (χ0) is 16.8. The molecule has 0 radical (unpaired) electrons. The number of carbonyl (C=O) groups excluding carboxylic acids is 1. The summed E-state index contributed by atoms with van der Waals surface area (Å²) in [7, 11) is 0. The molecule has 1 aliphatic heterocycles. The summed E-state index contributed by atoms with van der Waals surface area (Å²) < 4.78 is 10.9. The van der Waals surface area contributed by atoms with Crippen LogP contribution in [0.3, 0.4) is 0 Å². The second-order valence-electron chi connectivity index (χ2n) is 5.90. The van der Waals surface area contributed by atoms with E-state index in [9.17, 15) is 19.8 Å². The summed E-state index contributed by atoms with van der Waals surface area (Å²) in [5, 5.41) is 19.8. The van der Waals surface area contributed by atoms with E-state index in [1.54, 1.807) is 6.92 Å². The number of phenols is 1. The van der Waals surface area contributed by atoms with Crippen molar-refractivity contribution < 1.29 is 24.2 Å². The van der Waals surface area contributed by atoms with E-state index in [1.165, 1.54) is 31.2 Å². The van der Waals surface area contributed by atoms with Crippen molar-refractivity contribution in [1.82, 2.24) is 0 Å². The molecule has 1 aliphatic rings. The highest BCUT2D eigenvalue weighted by atomic mass is 16.6. The van der Waals surface area contributed by atoms with Gasteiger partial charge in [0.1, 0.15) is 23.0 Å². The van der Waals surface area contributed by atoms with Gasteiger partial charge >= 0.3 is 0 Å². The normalized spacial score (nSPS) is 20.0. The van der Waals surface area contributed by atoms with Gasteiger partial charge in [0.25, 0.3) is 0 Å². The van der Waals surface area contributed by atoms with Gasteiger partial charge in [-0.05, 0) is 18.6 Å². The lowest BCUT2D eigenvalue weighted by Crippen LogP contribution is -2.39. The Balaban J connectivity index is 2.08. The molecule has 1 aromatic heterocycles. The molecule has 2 N–H and O–H groups in total. The summed E-state index contributed by atoms with van der Waals surface area (Å²) in [4.78, 5) is 23.9. The van der Waals surface area contributed by atoms with Gasteiger partial charge in [0.15, 0.2) is 11.2 Å². The molecule has 1 unspecified atom stereocenters. The number of ketones is 1. The number of ether oxygens (including phenoxy) is 1. The number of fused-ring (bicyclic) bond motifs is 1. The average Bonchev–Trinajstić information content (AvgIpc) is 2.33. The van der Waals surface area contributed by atoms with Crippen LogP contribution in [0.15, 0.2) is 33.5 Å². The number of carbonyl (C=O) groups is 1. The maximum absolute atomic E-state index is 12.3. The van der Waals surface area contributed by atoms with Gasteiger partial charge in [-0.3, -0.25) is 9.59 Å². The van der Waals surface area contributed by atoms with Crippen LogP contribution in [-0.4, -0.2) is 21.8 Å². The van der Waals surface area contributed by atoms with Crippen molar-refractivity contribution in [2.24, 2.45) is 0 Å². The third-order valence-corrected chi connectivity index (χ3v) is 3.57. The van der Waals surface area contributed by atoms with Crippen molar-refractivity contribution in [3.05, 3.63) is 57.1 Å². The Morgan fingerprint density at radius 2 is 1.96 bits per heavy atom. The molecule has 0 spiro atoms. The van der Waals surface area contributed by atoms with Gasteiger partial charge in [-0.2, -0.15) is 0 Å². The van der Waals surface area contributed by atoms with Gasteiger partial charge < -0.3 is 19.4 Å². The number of hydrogen-bond donors (Lipinski definition) is 2. The lowest BCUT2D eigenvalue weighted by atomic mass is 9.92. The van der Waals surface area contributed by atoms with Crippen LogP contribution in [-0.2, 0) is 6.42 Å². The van der Waals surface area contributed by atoms with Gasteiger partial charge in [0.2, 0.25) is 5.79 Å². The SMILES string of the molecule is Cc1cc(=O)cc(Cc2cc(O)cc3c2C(=O)CC(C)(O)O3)o1. The van der Waals surface area contributed by atoms with Crippen molar-refractivity contribution in [3.63, 3.8) is 0 Å². The number of aliphatic hydroxyl groups is 1. The smallest absolute Gasteiger partial charge is 0.212 e. The number of benzene rings is 1. The Hall–Kier alpha value is -2.60. The molecule has 1 aromatic carbocycles. The van der Waals surface area contributed by atoms with E-state index in [0.29, 0.717) is 22.6 Å². The van der Waals surface area contributed by atoms with Gasteiger partial charge in [-0.1, -0.05) is 0 Å². The summed E-state index contributed by atoms with van der Waals surface area (Å²) in [5.41, 5.74) is 0.580. The molecule has 3 rings (SSSR count). The Bertz CT molecular complexity index is 847. The predicted molar refractivity (Wildman–Crippen MR) is 80.8 cm³/mol. The van der Waals surface area contributed by atoms with Gasteiger partial charge in [0.05, 0.1) is 12.0 Å². The van der Waals surface area contributed by atoms with E-state index in [4.69, 9.17) is 9.15 Å². The van der Waals surface area contributed by atoms with E-state index in [-0.39, 0.29) is 35.6 Å². The molecular formula is C17H16O6. The van der Waals surface area contributed by atoms with Crippen molar-refractivity contribution in [1.29, 1.82) is 0 Å². The lowest BCUT2D eigenvalue weighted by molar-refractivity contribution is -0.123. The highest BCUT2D eigenvalue weighted by Gasteiger charge is 2.36. The summed E-state index contributed by atoms with van der Waals surface area (Å²) >= 11 is 0. The molecule has 0 bridgehead atoms. The largest absolute Gasteiger partial charge is 0.508 e. The molecule has 2 heterocycles. The van der Waals surface area contributed by atoms with E-state index < -0.39 is 5.79 Å². The van der Waals surface area contributed by atoms with Crippen LogP contribution in [0.4, 0.5) is 0 Å². The molecule has 120 valence electrons. The lowest BCUT2D eigenvalue weighted by Gasteiger charge is -2.31. The maximum Gasteiger partial charge on any atom is 0.212 e. The van der Waals surface area contributed by atoms with Crippen molar-refractivity contribution >= 4 is 5.78 Å². The Morgan fingerprint density at radius 3 is 2.65 bits per heavy atom.